The molecule has 1 aromatic carbocycles. The van der Waals surface area contributed by atoms with E-state index in [9.17, 15) is 13.6 Å². The molecule has 0 radical (unpaired) electrons. The minimum atomic E-state index is -2.85. The number of halogens is 2. The van der Waals surface area contributed by atoms with Crippen LogP contribution in [0.3, 0.4) is 0 Å². The Kier molecular flexibility index (Phi) is 5.62. The number of carbonyl (C=O) groups excluding carboxylic acids is 1. The highest BCUT2D eigenvalue weighted by Crippen LogP contribution is 2.25. The Labute approximate surface area is 152 Å². The minimum Gasteiger partial charge on any atom is -0.459 e. The number of nitrogens with one attached hydrogen (secondary N) is 1. The summed E-state index contributed by atoms with van der Waals surface area (Å²) in [6.45, 7) is -0.701. The zero-order chi connectivity index (χ0) is 18.5. The van der Waals surface area contributed by atoms with Crippen molar-refractivity contribution < 1.29 is 22.7 Å². The molecule has 2 aromatic heterocycles. The lowest BCUT2D eigenvalue weighted by Crippen LogP contribution is -2.24. The van der Waals surface area contributed by atoms with E-state index < -0.39 is 6.61 Å². The summed E-state index contributed by atoms with van der Waals surface area (Å²) in [5.41, 5.74) is 1.45. The fourth-order valence-corrected chi connectivity index (χ4v) is 3.05. The molecule has 3 aromatic rings. The van der Waals surface area contributed by atoms with Crippen LogP contribution in [0.2, 0.25) is 0 Å². The average Bonchev–Trinajstić information content (AvgIpc) is 3.22. The highest BCUT2D eigenvalue weighted by atomic mass is 32.1. The number of amides is 1. The zero-order valence-electron chi connectivity index (χ0n) is 13.9. The molecule has 0 aliphatic rings. The van der Waals surface area contributed by atoms with Crippen LogP contribution in [0.15, 0.2) is 46.2 Å². The minimum absolute atomic E-state index is 0.0817. The maximum atomic E-state index is 12.1. The molecule has 1 N–H and O–H groups in total. The SMILES string of the molecule is Cc1ccc(-c2nc(CC(=O)NCc3ccc(OC(F)F)cc3)cs2)o1. The molecule has 0 saturated carbocycles. The van der Waals surface area contributed by atoms with Crippen LogP contribution in [0.25, 0.3) is 10.8 Å². The predicted octanol–water partition coefficient (Wildman–Crippen LogP) is 4.17. The smallest absolute Gasteiger partial charge is 0.387 e. The van der Waals surface area contributed by atoms with E-state index in [1.165, 1.54) is 23.5 Å². The summed E-state index contributed by atoms with van der Waals surface area (Å²) in [4.78, 5) is 16.5. The summed E-state index contributed by atoms with van der Waals surface area (Å²) in [5, 5.41) is 5.33. The van der Waals surface area contributed by atoms with Crippen LogP contribution in [0.4, 0.5) is 8.78 Å². The van der Waals surface area contributed by atoms with Gasteiger partial charge in [-0.1, -0.05) is 12.1 Å². The van der Waals surface area contributed by atoms with Gasteiger partial charge in [0.2, 0.25) is 5.91 Å². The topological polar surface area (TPSA) is 64.4 Å². The molecule has 0 aliphatic carbocycles. The van der Waals surface area contributed by atoms with Gasteiger partial charge in [0.25, 0.3) is 0 Å². The van der Waals surface area contributed by atoms with E-state index in [4.69, 9.17) is 4.42 Å². The molecule has 136 valence electrons. The number of benzene rings is 1. The number of aryl methyl sites for hydroxylation is 1. The summed E-state index contributed by atoms with van der Waals surface area (Å²) in [6.07, 6.45) is 0.156. The van der Waals surface area contributed by atoms with Crippen molar-refractivity contribution in [3.63, 3.8) is 0 Å². The van der Waals surface area contributed by atoms with Crippen molar-refractivity contribution in [1.29, 1.82) is 0 Å². The molecule has 0 saturated heterocycles. The second kappa shape index (κ2) is 8.09. The number of nitrogens with zero attached hydrogens (tertiary/aromatic N) is 1. The lowest BCUT2D eigenvalue weighted by atomic mass is 10.2. The standard InChI is InChI=1S/C18H16F2N2O3S/c1-11-2-7-15(24-11)17-22-13(10-26-17)8-16(23)21-9-12-3-5-14(6-4-12)25-18(19)20/h2-7,10,18H,8-9H2,1H3,(H,21,23). The first-order valence-corrected chi connectivity index (χ1v) is 8.69. The largest absolute Gasteiger partial charge is 0.459 e. The molecule has 1 amide bonds. The van der Waals surface area contributed by atoms with Gasteiger partial charge in [0.05, 0.1) is 12.1 Å². The first-order valence-electron chi connectivity index (χ1n) is 7.81. The third-order valence-electron chi connectivity index (χ3n) is 3.48. The first kappa shape index (κ1) is 18.1. The maximum absolute atomic E-state index is 12.1. The molecule has 26 heavy (non-hydrogen) atoms. The monoisotopic (exact) mass is 378 g/mol. The molecule has 0 atom stereocenters. The molecule has 0 fully saturated rings. The van der Waals surface area contributed by atoms with Gasteiger partial charge in [-0.3, -0.25) is 4.79 Å². The van der Waals surface area contributed by atoms with E-state index in [0.717, 1.165) is 16.3 Å². The van der Waals surface area contributed by atoms with E-state index in [0.29, 0.717) is 18.0 Å². The van der Waals surface area contributed by atoms with Gasteiger partial charge in [-0.05, 0) is 36.8 Å². The lowest BCUT2D eigenvalue weighted by Gasteiger charge is -2.07. The van der Waals surface area contributed by atoms with Crippen molar-refractivity contribution in [2.45, 2.75) is 26.5 Å². The number of rotatable bonds is 7. The molecule has 5 nitrogen and oxygen atoms in total. The number of hydrogen-bond donors (Lipinski definition) is 1. The van der Waals surface area contributed by atoms with E-state index in [1.54, 1.807) is 12.1 Å². The van der Waals surface area contributed by atoms with Crippen LogP contribution in [0.1, 0.15) is 17.0 Å². The fourth-order valence-electron chi connectivity index (χ4n) is 2.27. The number of aromatic nitrogens is 1. The van der Waals surface area contributed by atoms with Crippen molar-refractivity contribution >= 4 is 17.2 Å². The second-order valence-electron chi connectivity index (χ2n) is 5.53. The summed E-state index contributed by atoms with van der Waals surface area (Å²) in [5.74, 6) is 1.40. The Morgan fingerprint density at radius 1 is 1.27 bits per heavy atom. The first-order chi connectivity index (χ1) is 12.5. The number of alkyl halides is 2. The van der Waals surface area contributed by atoms with E-state index in [1.807, 2.05) is 24.4 Å². The van der Waals surface area contributed by atoms with Gasteiger partial charge in [-0.15, -0.1) is 11.3 Å². The van der Waals surface area contributed by atoms with Gasteiger partial charge in [0.15, 0.2) is 10.8 Å². The number of furan rings is 1. The molecular weight excluding hydrogens is 362 g/mol. The van der Waals surface area contributed by atoms with Gasteiger partial charge >= 0.3 is 6.61 Å². The molecule has 3 rings (SSSR count). The number of carbonyl (C=O) groups is 1. The van der Waals surface area contributed by atoms with Crippen LogP contribution >= 0.6 is 11.3 Å². The third-order valence-corrected chi connectivity index (χ3v) is 4.39. The van der Waals surface area contributed by atoms with Crippen molar-refractivity contribution in [2.75, 3.05) is 0 Å². The summed E-state index contributed by atoms with van der Waals surface area (Å²) in [6, 6.07) is 9.83. The average molecular weight is 378 g/mol. The van der Waals surface area contributed by atoms with Crippen LogP contribution < -0.4 is 10.1 Å². The maximum Gasteiger partial charge on any atom is 0.387 e. The molecule has 0 unspecified atom stereocenters. The Hall–Kier alpha value is -2.74. The highest BCUT2D eigenvalue weighted by molar-refractivity contribution is 7.13. The molecule has 8 heteroatoms. The van der Waals surface area contributed by atoms with Gasteiger partial charge in [0.1, 0.15) is 11.5 Å². The zero-order valence-corrected chi connectivity index (χ0v) is 14.7. The normalized spacial score (nSPS) is 10.9. The second-order valence-corrected chi connectivity index (χ2v) is 6.39. The van der Waals surface area contributed by atoms with Crippen LogP contribution in [-0.4, -0.2) is 17.5 Å². The summed E-state index contributed by atoms with van der Waals surface area (Å²) in [7, 11) is 0. The quantitative estimate of drug-likeness (QED) is 0.670. The van der Waals surface area contributed by atoms with Gasteiger partial charge in [0, 0.05) is 11.9 Å². The summed E-state index contributed by atoms with van der Waals surface area (Å²) >= 11 is 1.42. The summed E-state index contributed by atoms with van der Waals surface area (Å²) < 4.78 is 34.0. The Bertz CT molecular complexity index is 875. The number of ether oxygens (including phenoxy) is 1. The van der Waals surface area contributed by atoms with Crippen LogP contribution in [0, 0.1) is 6.92 Å². The fraction of sp³-hybridized carbons (Fsp3) is 0.222. The van der Waals surface area contributed by atoms with E-state index in [2.05, 4.69) is 15.0 Å². The van der Waals surface area contributed by atoms with Crippen LogP contribution in [-0.2, 0) is 17.8 Å². The number of hydrogen-bond acceptors (Lipinski definition) is 5. The molecular formula is C18H16F2N2O3S. The van der Waals surface area contributed by atoms with Crippen molar-refractivity contribution in [2.24, 2.45) is 0 Å². The molecule has 0 spiro atoms. The van der Waals surface area contributed by atoms with Gasteiger partial charge in [-0.2, -0.15) is 8.78 Å². The molecule has 2 heterocycles. The van der Waals surface area contributed by atoms with Gasteiger partial charge in [-0.25, -0.2) is 4.98 Å². The van der Waals surface area contributed by atoms with Gasteiger partial charge < -0.3 is 14.5 Å². The number of thiazole rings is 1. The van der Waals surface area contributed by atoms with Crippen molar-refractivity contribution in [1.82, 2.24) is 10.3 Å². The Balaban J connectivity index is 1.50. The highest BCUT2D eigenvalue weighted by Gasteiger charge is 2.11. The predicted molar refractivity (Wildman–Crippen MR) is 93.2 cm³/mol. The Morgan fingerprint density at radius 3 is 2.69 bits per heavy atom. The Morgan fingerprint density at radius 2 is 2.04 bits per heavy atom. The van der Waals surface area contributed by atoms with Crippen LogP contribution in [0.5, 0.6) is 5.75 Å². The molecule has 0 aliphatic heterocycles. The van der Waals surface area contributed by atoms with Crippen molar-refractivity contribution in [3.8, 4) is 16.5 Å². The van der Waals surface area contributed by atoms with Crippen molar-refractivity contribution in [3.05, 3.63) is 58.8 Å². The van der Waals surface area contributed by atoms with E-state index >= 15 is 0 Å². The van der Waals surface area contributed by atoms with E-state index in [-0.39, 0.29) is 18.1 Å². The third kappa shape index (κ3) is 4.89. The lowest BCUT2D eigenvalue weighted by molar-refractivity contribution is -0.120. The molecule has 0 bridgehead atoms.